The van der Waals surface area contributed by atoms with E-state index in [0.717, 1.165) is 40.0 Å². The number of aryl methyl sites for hydroxylation is 2. The Balaban J connectivity index is 0.000000158. The molecule has 4 nitrogen and oxygen atoms in total. The molecule has 224 valence electrons. The highest BCUT2D eigenvalue weighted by atomic mass is 16.3. The van der Waals surface area contributed by atoms with E-state index < -0.39 is 0 Å². The summed E-state index contributed by atoms with van der Waals surface area (Å²) >= 11 is 0. The molecule has 4 N–H and O–H groups in total. The zero-order chi connectivity index (χ0) is 30.5. The summed E-state index contributed by atoms with van der Waals surface area (Å²) in [5.41, 5.74) is 6.60. The molecule has 0 aromatic heterocycles. The maximum Gasteiger partial charge on any atom is 0.118 e. The first-order valence-electron chi connectivity index (χ1n) is 15.7. The fourth-order valence-electron chi connectivity index (χ4n) is 8.75. The maximum atomic E-state index is 9.74. The molecule has 0 aliphatic heterocycles. The van der Waals surface area contributed by atoms with Gasteiger partial charge in [-0.15, -0.1) is 0 Å². The van der Waals surface area contributed by atoms with Gasteiger partial charge in [0.15, 0.2) is 0 Å². The summed E-state index contributed by atoms with van der Waals surface area (Å²) in [4.78, 5) is 0. The molecule has 43 heavy (non-hydrogen) atoms. The Morgan fingerprint density at radius 1 is 0.628 bits per heavy atom. The summed E-state index contributed by atoms with van der Waals surface area (Å²) in [5.74, 6) is 4.64. The molecular weight excluding hydrogens is 532 g/mol. The van der Waals surface area contributed by atoms with Crippen LogP contribution in [0.2, 0.25) is 0 Å². The lowest BCUT2D eigenvalue weighted by Crippen LogP contribution is -2.40. The number of hydrogen-bond acceptors (Lipinski definition) is 4. The number of phenolic OH excluding ortho intramolecular Hbond substituents is 4. The average Bonchev–Trinajstić information content (AvgIpc) is 3.71. The summed E-state index contributed by atoms with van der Waals surface area (Å²) in [6, 6.07) is 27.2. The quantitative estimate of drug-likeness (QED) is 0.196. The zero-order valence-electron chi connectivity index (χ0n) is 25.7. The standard InChI is InChI=1S/C22H24O2.C17H20O2/c23-17-8-4-15(5-9-17)22(16-6-10-18(24)11-7-16)13-14-12-21(22)20-3-1-2-19(14)20;1-11-9-13(5-7-15(11)18)17(3,4)14-6-8-16(19)12(2)10-14/h4-11,14,19-21,23-24H,1-3,12-13H2;5-10,18-19H,1-4H3. The summed E-state index contributed by atoms with van der Waals surface area (Å²) in [7, 11) is 0. The average molecular weight is 577 g/mol. The number of fused-ring (bicyclic) bond motifs is 5. The first-order chi connectivity index (χ1) is 20.5. The Morgan fingerprint density at radius 3 is 1.56 bits per heavy atom. The third-order valence-electron chi connectivity index (χ3n) is 11.1. The van der Waals surface area contributed by atoms with Crippen LogP contribution in [0.4, 0.5) is 0 Å². The molecular formula is C39H44O4. The van der Waals surface area contributed by atoms with Crippen LogP contribution in [0.25, 0.3) is 0 Å². The van der Waals surface area contributed by atoms with Crippen molar-refractivity contribution in [2.24, 2.45) is 23.7 Å². The van der Waals surface area contributed by atoms with Crippen molar-refractivity contribution in [2.45, 2.75) is 70.6 Å². The lowest BCUT2D eigenvalue weighted by Gasteiger charge is -2.44. The monoisotopic (exact) mass is 576 g/mol. The highest BCUT2D eigenvalue weighted by Gasteiger charge is 2.61. The summed E-state index contributed by atoms with van der Waals surface area (Å²) < 4.78 is 0. The van der Waals surface area contributed by atoms with Crippen LogP contribution in [0.5, 0.6) is 23.0 Å². The molecule has 7 rings (SSSR count). The third-order valence-corrected chi connectivity index (χ3v) is 11.1. The van der Waals surface area contributed by atoms with Gasteiger partial charge in [0.05, 0.1) is 0 Å². The minimum absolute atomic E-state index is 0.0531. The number of aromatic hydroxyl groups is 4. The van der Waals surface area contributed by atoms with E-state index in [2.05, 4.69) is 38.1 Å². The van der Waals surface area contributed by atoms with Gasteiger partial charge in [-0.1, -0.05) is 68.8 Å². The first kappa shape index (κ1) is 29.2. The van der Waals surface area contributed by atoms with E-state index in [9.17, 15) is 20.4 Å². The fourth-order valence-corrected chi connectivity index (χ4v) is 8.75. The highest BCUT2D eigenvalue weighted by Crippen LogP contribution is 2.68. The molecule has 0 radical (unpaired) electrons. The molecule has 2 bridgehead atoms. The van der Waals surface area contributed by atoms with Crippen LogP contribution in [0.1, 0.15) is 79.3 Å². The molecule has 3 aliphatic rings. The van der Waals surface area contributed by atoms with Crippen LogP contribution in [0.3, 0.4) is 0 Å². The van der Waals surface area contributed by atoms with Crippen molar-refractivity contribution >= 4 is 0 Å². The Kier molecular flexibility index (Phi) is 7.44. The predicted molar refractivity (Wildman–Crippen MR) is 172 cm³/mol. The molecule has 0 spiro atoms. The lowest BCUT2D eigenvalue weighted by molar-refractivity contribution is 0.181. The van der Waals surface area contributed by atoms with Gasteiger partial charge in [-0.25, -0.2) is 0 Å². The SMILES string of the molecule is Cc1cc(C(C)(C)c2ccc(O)c(C)c2)ccc1O.Oc1ccc(C2(c3ccc(O)cc3)CC3CC2C2CCCC32)cc1. The Hall–Kier alpha value is -3.92. The van der Waals surface area contributed by atoms with Gasteiger partial charge in [0.25, 0.3) is 0 Å². The summed E-state index contributed by atoms with van der Waals surface area (Å²) in [6.07, 6.45) is 6.76. The van der Waals surface area contributed by atoms with Gasteiger partial charge in [0.1, 0.15) is 23.0 Å². The van der Waals surface area contributed by atoms with Crippen molar-refractivity contribution in [1.29, 1.82) is 0 Å². The van der Waals surface area contributed by atoms with Crippen LogP contribution < -0.4 is 0 Å². The Labute approximate surface area is 255 Å². The molecule has 0 saturated heterocycles. The number of phenols is 4. The summed E-state index contributed by atoms with van der Waals surface area (Å²) in [5, 5.41) is 38.7. The van der Waals surface area contributed by atoms with E-state index in [4.69, 9.17) is 0 Å². The van der Waals surface area contributed by atoms with E-state index in [1.165, 1.54) is 43.2 Å². The zero-order valence-corrected chi connectivity index (χ0v) is 25.7. The van der Waals surface area contributed by atoms with Gasteiger partial charge in [0.2, 0.25) is 0 Å². The number of rotatable bonds is 4. The summed E-state index contributed by atoms with van der Waals surface area (Å²) in [6.45, 7) is 8.09. The lowest BCUT2D eigenvalue weighted by atomic mass is 9.59. The Bertz CT molecular complexity index is 1500. The molecule has 0 amide bonds. The molecule has 4 heteroatoms. The molecule has 3 saturated carbocycles. The van der Waals surface area contributed by atoms with Gasteiger partial charge < -0.3 is 20.4 Å². The van der Waals surface area contributed by atoms with Crippen molar-refractivity contribution in [3.63, 3.8) is 0 Å². The van der Waals surface area contributed by atoms with Gasteiger partial charge in [-0.2, -0.15) is 0 Å². The maximum absolute atomic E-state index is 9.74. The predicted octanol–water partition coefficient (Wildman–Crippen LogP) is 8.88. The van der Waals surface area contributed by atoms with Crippen molar-refractivity contribution < 1.29 is 20.4 Å². The molecule has 4 aromatic rings. The van der Waals surface area contributed by atoms with Crippen LogP contribution in [-0.2, 0) is 10.8 Å². The minimum atomic E-state index is -0.170. The van der Waals surface area contributed by atoms with Gasteiger partial charge in [-0.3, -0.25) is 0 Å². The van der Waals surface area contributed by atoms with Crippen molar-refractivity contribution in [2.75, 3.05) is 0 Å². The van der Waals surface area contributed by atoms with Crippen molar-refractivity contribution in [1.82, 2.24) is 0 Å². The molecule has 0 heterocycles. The fraction of sp³-hybridized carbons (Fsp3) is 0.385. The van der Waals surface area contributed by atoms with E-state index in [-0.39, 0.29) is 10.8 Å². The number of benzene rings is 4. The second kappa shape index (κ2) is 11.0. The number of hydrogen-bond donors (Lipinski definition) is 4. The smallest absolute Gasteiger partial charge is 0.118 e. The molecule has 3 aliphatic carbocycles. The minimum Gasteiger partial charge on any atom is -0.508 e. The normalized spacial score (nSPS) is 23.4. The van der Waals surface area contributed by atoms with Crippen LogP contribution in [0, 0.1) is 37.5 Å². The van der Waals surface area contributed by atoms with Crippen LogP contribution >= 0.6 is 0 Å². The molecule has 4 atom stereocenters. The first-order valence-corrected chi connectivity index (χ1v) is 15.7. The third kappa shape index (κ3) is 5.05. The molecule has 4 aromatic carbocycles. The topological polar surface area (TPSA) is 80.9 Å². The largest absolute Gasteiger partial charge is 0.508 e. The Morgan fingerprint density at radius 2 is 1.09 bits per heavy atom. The van der Waals surface area contributed by atoms with Crippen molar-refractivity contribution in [3.8, 4) is 23.0 Å². The molecule has 3 fully saturated rings. The molecule has 4 unspecified atom stereocenters. The van der Waals surface area contributed by atoms with E-state index in [1.54, 1.807) is 12.1 Å². The van der Waals surface area contributed by atoms with Crippen molar-refractivity contribution in [3.05, 3.63) is 118 Å². The second-order valence-corrected chi connectivity index (χ2v) is 13.8. The van der Waals surface area contributed by atoms with Gasteiger partial charge in [-0.05, 0) is 133 Å². The van der Waals surface area contributed by atoms with Gasteiger partial charge >= 0.3 is 0 Å². The van der Waals surface area contributed by atoms with Crippen LogP contribution in [0.15, 0.2) is 84.9 Å². The van der Waals surface area contributed by atoms with E-state index in [0.29, 0.717) is 28.9 Å². The van der Waals surface area contributed by atoms with E-state index >= 15 is 0 Å². The highest BCUT2D eigenvalue weighted by molar-refractivity contribution is 5.48. The van der Waals surface area contributed by atoms with Gasteiger partial charge in [0, 0.05) is 10.8 Å². The van der Waals surface area contributed by atoms with E-state index in [1.807, 2.05) is 62.4 Å². The van der Waals surface area contributed by atoms with Crippen LogP contribution in [-0.4, -0.2) is 20.4 Å². The second-order valence-electron chi connectivity index (χ2n) is 13.8.